The van der Waals surface area contributed by atoms with Crippen LogP contribution in [0.25, 0.3) is 0 Å². The first-order valence-corrected chi connectivity index (χ1v) is 6.45. The number of nitrogens with zero attached hydrogens (tertiary/aromatic N) is 2. The van der Waals surface area contributed by atoms with Crippen molar-refractivity contribution >= 4 is 11.5 Å². The highest BCUT2D eigenvalue weighted by Crippen LogP contribution is 2.32. The Morgan fingerprint density at radius 2 is 2.00 bits per heavy atom. The van der Waals surface area contributed by atoms with Crippen molar-refractivity contribution in [3.05, 3.63) is 54.0 Å². The second-order valence-corrected chi connectivity index (χ2v) is 4.89. The van der Waals surface area contributed by atoms with Gasteiger partial charge in [0.15, 0.2) is 0 Å². The lowest BCUT2D eigenvalue weighted by Crippen LogP contribution is -2.26. The third-order valence-corrected chi connectivity index (χ3v) is 3.39. The summed E-state index contributed by atoms with van der Waals surface area (Å²) in [6.45, 7) is 0.718. The van der Waals surface area contributed by atoms with Crippen LogP contribution in [-0.4, -0.2) is 11.0 Å². The predicted molar refractivity (Wildman–Crippen MR) is 74.3 cm³/mol. The molecule has 1 aliphatic rings. The summed E-state index contributed by atoms with van der Waals surface area (Å²) in [6.07, 6.45) is 3.58. The Labute approximate surface area is 111 Å². The van der Waals surface area contributed by atoms with E-state index in [-0.39, 0.29) is 5.82 Å². The van der Waals surface area contributed by atoms with Crippen molar-refractivity contribution in [2.24, 2.45) is 0 Å². The summed E-state index contributed by atoms with van der Waals surface area (Å²) in [4.78, 5) is 6.38. The summed E-state index contributed by atoms with van der Waals surface area (Å²) in [7, 11) is 0. The SMILES string of the molecule is Nc1ccccc1CN(c1ccc(F)cn1)C1CC1. The fourth-order valence-corrected chi connectivity index (χ4v) is 2.18. The third-order valence-electron chi connectivity index (χ3n) is 3.39. The molecule has 0 amide bonds. The van der Waals surface area contributed by atoms with Crippen molar-refractivity contribution in [3.63, 3.8) is 0 Å². The highest BCUT2D eigenvalue weighted by atomic mass is 19.1. The number of pyridine rings is 1. The highest BCUT2D eigenvalue weighted by Gasteiger charge is 2.30. The van der Waals surface area contributed by atoms with Crippen LogP contribution in [-0.2, 0) is 6.54 Å². The zero-order valence-corrected chi connectivity index (χ0v) is 10.6. The lowest BCUT2D eigenvalue weighted by Gasteiger charge is -2.24. The van der Waals surface area contributed by atoms with E-state index in [1.165, 1.54) is 12.3 Å². The van der Waals surface area contributed by atoms with E-state index in [1.54, 1.807) is 6.07 Å². The molecule has 2 aromatic rings. The van der Waals surface area contributed by atoms with Crippen LogP contribution in [0.2, 0.25) is 0 Å². The van der Waals surface area contributed by atoms with Crippen LogP contribution < -0.4 is 10.6 Å². The fourth-order valence-electron chi connectivity index (χ4n) is 2.18. The number of aromatic nitrogens is 1. The molecule has 1 aliphatic carbocycles. The molecule has 3 rings (SSSR count). The standard InChI is InChI=1S/C15H16FN3/c16-12-5-8-15(18-9-12)19(13-6-7-13)10-11-3-1-2-4-14(11)17/h1-5,8-9,13H,6-7,10,17H2. The molecule has 2 N–H and O–H groups in total. The van der Waals surface area contributed by atoms with Gasteiger partial charge in [0.25, 0.3) is 0 Å². The van der Waals surface area contributed by atoms with Crippen LogP contribution in [0.15, 0.2) is 42.6 Å². The van der Waals surface area contributed by atoms with Gasteiger partial charge >= 0.3 is 0 Å². The summed E-state index contributed by atoms with van der Waals surface area (Å²) >= 11 is 0. The van der Waals surface area contributed by atoms with Crippen molar-refractivity contribution in [1.82, 2.24) is 4.98 Å². The predicted octanol–water partition coefficient (Wildman–Crippen LogP) is 2.97. The molecule has 0 radical (unpaired) electrons. The van der Waals surface area contributed by atoms with E-state index in [1.807, 2.05) is 24.3 Å². The van der Waals surface area contributed by atoms with Gasteiger partial charge in [0.05, 0.1) is 6.20 Å². The summed E-state index contributed by atoms with van der Waals surface area (Å²) < 4.78 is 13.0. The maximum atomic E-state index is 13.0. The molecule has 1 aromatic carbocycles. The van der Waals surface area contributed by atoms with Crippen molar-refractivity contribution < 1.29 is 4.39 Å². The number of nitrogen functional groups attached to an aromatic ring is 1. The molecule has 0 aliphatic heterocycles. The van der Waals surface area contributed by atoms with E-state index >= 15 is 0 Å². The van der Waals surface area contributed by atoms with Crippen LogP contribution in [0.4, 0.5) is 15.9 Å². The maximum Gasteiger partial charge on any atom is 0.141 e. The third kappa shape index (κ3) is 2.67. The topological polar surface area (TPSA) is 42.1 Å². The normalized spacial score (nSPS) is 14.4. The van der Waals surface area contributed by atoms with Gasteiger partial charge in [-0.2, -0.15) is 0 Å². The first-order chi connectivity index (χ1) is 9.24. The molecule has 0 atom stereocenters. The Hall–Kier alpha value is -2.10. The monoisotopic (exact) mass is 257 g/mol. The van der Waals surface area contributed by atoms with Gasteiger partial charge in [-0.3, -0.25) is 0 Å². The van der Waals surface area contributed by atoms with Crippen LogP contribution >= 0.6 is 0 Å². The number of para-hydroxylation sites is 1. The molecule has 4 heteroatoms. The average Bonchev–Trinajstić information content (AvgIpc) is 3.24. The van der Waals surface area contributed by atoms with Gasteiger partial charge in [0.2, 0.25) is 0 Å². The molecule has 0 saturated heterocycles. The average molecular weight is 257 g/mol. The second kappa shape index (κ2) is 4.88. The van der Waals surface area contributed by atoms with Gasteiger partial charge in [0, 0.05) is 18.3 Å². The van der Waals surface area contributed by atoms with E-state index < -0.39 is 0 Å². The number of nitrogens with two attached hydrogens (primary N) is 1. The number of anilines is 2. The molecular weight excluding hydrogens is 241 g/mol. The molecule has 98 valence electrons. The number of hydrogen-bond acceptors (Lipinski definition) is 3. The summed E-state index contributed by atoms with van der Waals surface area (Å²) in [6, 6.07) is 11.5. The smallest absolute Gasteiger partial charge is 0.141 e. The van der Waals surface area contributed by atoms with Crippen LogP contribution in [0.5, 0.6) is 0 Å². The summed E-state index contributed by atoms with van der Waals surface area (Å²) in [5, 5.41) is 0. The lowest BCUT2D eigenvalue weighted by atomic mass is 10.1. The summed E-state index contributed by atoms with van der Waals surface area (Å²) in [5.74, 6) is 0.505. The van der Waals surface area contributed by atoms with E-state index in [9.17, 15) is 4.39 Å². The summed E-state index contributed by atoms with van der Waals surface area (Å²) in [5.41, 5.74) is 7.86. The van der Waals surface area contributed by atoms with Gasteiger partial charge in [-0.05, 0) is 36.6 Å². The number of benzene rings is 1. The molecule has 1 aromatic heterocycles. The van der Waals surface area contributed by atoms with Crippen LogP contribution in [0.1, 0.15) is 18.4 Å². The van der Waals surface area contributed by atoms with Crippen molar-refractivity contribution in [2.45, 2.75) is 25.4 Å². The zero-order chi connectivity index (χ0) is 13.2. The zero-order valence-electron chi connectivity index (χ0n) is 10.6. The van der Waals surface area contributed by atoms with Crippen molar-refractivity contribution in [2.75, 3.05) is 10.6 Å². The minimum Gasteiger partial charge on any atom is -0.398 e. The maximum absolute atomic E-state index is 13.0. The molecule has 1 fully saturated rings. The van der Waals surface area contributed by atoms with Crippen LogP contribution in [0.3, 0.4) is 0 Å². The molecular formula is C15H16FN3. The largest absolute Gasteiger partial charge is 0.398 e. The molecule has 3 nitrogen and oxygen atoms in total. The van der Waals surface area contributed by atoms with E-state index in [0.717, 1.165) is 36.5 Å². The molecule has 19 heavy (non-hydrogen) atoms. The van der Waals surface area contributed by atoms with E-state index in [4.69, 9.17) is 5.73 Å². The Bertz CT molecular complexity index is 564. The Morgan fingerprint density at radius 1 is 1.21 bits per heavy atom. The van der Waals surface area contributed by atoms with E-state index in [0.29, 0.717) is 6.04 Å². The number of rotatable bonds is 4. The van der Waals surface area contributed by atoms with E-state index in [2.05, 4.69) is 9.88 Å². The fraction of sp³-hybridized carbons (Fsp3) is 0.267. The van der Waals surface area contributed by atoms with Gasteiger partial charge in [-0.1, -0.05) is 18.2 Å². The number of halogens is 1. The molecule has 0 bridgehead atoms. The van der Waals surface area contributed by atoms with Crippen molar-refractivity contribution in [1.29, 1.82) is 0 Å². The quantitative estimate of drug-likeness (QED) is 0.856. The van der Waals surface area contributed by atoms with Gasteiger partial charge < -0.3 is 10.6 Å². The minimum absolute atomic E-state index is 0.307. The Morgan fingerprint density at radius 3 is 2.63 bits per heavy atom. The molecule has 0 spiro atoms. The second-order valence-electron chi connectivity index (χ2n) is 4.89. The minimum atomic E-state index is -0.307. The first kappa shape index (κ1) is 12.0. The van der Waals surface area contributed by atoms with Gasteiger partial charge in [0.1, 0.15) is 11.6 Å². The molecule has 1 saturated carbocycles. The Kier molecular flexibility index (Phi) is 3.07. The molecule has 1 heterocycles. The van der Waals surface area contributed by atoms with Gasteiger partial charge in [-0.15, -0.1) is 0 Å². The lowest BCUT2D eigenvalue weighted by molar-refractivity contribution is 0.619. The highest BCUT2D eigenvalue weighted by molar-refractivity contribution is 5.50. The molecule has 0 unspecified atom stereocenters. The van der Waals surface area contributed by atoms with Gasteiger partial charge in [-0.25, -0.2) is 9.37 Å². The first-order valence-electron chi connectivity index (χ1n) is 6.45. The number of hydrogen-bond donors (Lipinski definition) is 1. The Balaban J connectivity index is 1.86. The van der Waals surface area contributed by atoms with Crippen molar-refractivity contribution in [3.8, 4) is 0 Å². The van der Waals surface area contributed by atoms with Crippen LogP contribution in [0, 0.1) is 5.82 Å².